The van der Waals surface area contributed by atoms with Crippen LogP contribution in [0.25, 0.3) is 44.1 Å². The average Bonchev–Trinajstić information content (AvgIpc) is 3.79. The van der Waals surface area contributed by atoms with Crippen molar-refractivity contribution in [1.82, 2.24) is 29.1 Å². The van der Waals surface area contributed by atoms with Crippen LogP contribution in [0, 0.1) is 32.2 Å². The number of nitrogens with zero attached hydrogens (tertiary/aromatic N) is 6. The molecule has 0 saturated heterocycles. The maximum atomic E-state index is 13.5. The van der Waals surface area contributed by atoms with Gasteiger partial charge in [0.15, 0.2) is 0 Å². The molecule has 6 heterocycles. The van der Waals surface area contributed by atoms with Crippen LogP contribution in [0.2, 0.25) is 19.6 Å². The molecule has 0 spiro atoms. The molecular weight excluding hydrogens is 857 g/mol. The van der Waals surface area contributed by atoms with Gasteiger partial charge in [-0.1, -0.05) is 37.2 Å². The van der Waals surface area contributed by atoms with E-state index in [1.165, 1.54) is 0 Å². The average molecular weight is 913 g/mol. The Morgan fingerprint density at radius 3 is 1.52 bits per heavy atom. The Bertz CT molecular complexity index is 3170. The van der Waals surface area contributed by atoms with Gasteiger partial charge in [0.05, 0.1) is 27.4 Å². The summed E-state index contributed by atoms with van der Waals surface area (Å²) >= 11 is 0. The van der Waals surface area contributed by atoms with E-state index in [1.807, 2.05) is 110 Å². The van der Waals surface area contributed by atoms with Gasteiger partial charge in [0, 0.05) is 98.9 Å². The maximum Gasteiger partial charge on any atom is 0.355 e. The smallest absolute Gasteiger partial charge is 0.355 e. The highest BCUT2D eigenvalue weighted by atomic mass is 28.3. The van der Waals surface area contributed by atoms with Gasteiger partial charge in [-0.25, -0.2) is 19.6 Å². The number of carbonyl (C=O) groups is 2. The molecule has 0 saturated carbocycles. The summed E-state index contributed by atoms with van der Waals surface area (Å²) in [5.41, 5.74) is 15.2. The number of hydrogen-bond acceptors (Lipinski definition) is 10. The molecule has 0 bridgehead atoms. The Morgan fingerprint density at radius 2 is 1.07 bits per heavy atom. The number of benzene rings is 2. The molecule has 6 aromatic heterocycles. The molecule has 8 rings (SSSR count). The highest BCUT2D eigenvalue weighted by Crippen LogP contribution is 2.42. The van der Waals surface area contributed by atoms with Crippen molar-refractivity contribution in [3.05, 3.63) is 155 Å². The lowest BCUT2D eigenvalue weighted by atomic mass is 10.0. The minimum Gasteiger partial charge on any atom is -0.481 e. The van der Waals surface area contributed by atoms with Crippen molar-refractivity contribution in [2.24, 2.45) is 0 Å². The van der Waals surface area contributed by atoms with Gasteiger partial charge in [0.25, 0.3) is 0 Å². The van der Waals surface area contributed by atoms with Crippen LogP contribution in [0.15, 0.2) is 110 Å². The molecule has 12 nitrogen and oxygen atoms in total. The SMILES string of the molecule is CCOC(=O)c1c(-c2cccnc2OC)c2cc(C#C[Si](C)(C)C)ccc2n1Cc1ccnc(C)c1.CCOC(=O)c1c(-c2cccnc2OC)c2cc(C)ccc2n1Cc1ccnc(C)c1. The molecule has 342 valence electrons. The van der Waals surface area contributed by atoms with Crippen molar-refractivity contribution in [1.29, 1.82) is 0 Å². The lowest BCUT2D eigenvalue weighted by Crippen LogP contribution is -2.16. The van der Waals surface area contributed by atoms with Crippen LogP contribution >= 0.6 is 0 Å². The summed E-state index contributed by atoms with van der Waals surface area (Å²) in [5.74, 6) is 3.50. The maximum absolute atomic E-state index is 13.5. The number of rotatable bonds is 12. The summed E-state index contributed by atoms with van der Waals surface area (Å²) in [5, 5.41) is 1.86. The number of hydrogen-bond donors (Lipinski definition) is 0. The first-order valence-electron chi connectivity index (χ1n) is 22.2. The molecule has 67 heavy (non-hydrogen) atoms. The quantitative estimate of drug-likeness (QED) is 0.0663. The molecule has 0 atom stereocenters. The molecular formula is C54H56N6O6Si. The molecule has 0 fully saturated rings. The zero-order valence-corrected chi connectivity index (χ0v) is 40.9. The molecule has 2 aromatic carbocycles. The zero-order valence-electron chi connectivity index (χ0n) is 39.9. The third kappa shape index (κ3) is 10.6. The predicted octanol–water partition coefficient (Wildman–Crippen LogP) is 10.8. The van der Waals surface area contributed by atoms with E-state index in [1.54, 1.807) is 39.0 Å². The summed E-state index contributed by atoms with van der Waals surface area (Å²) in [7, 11) is 1.60. The lowest BCUT2D eigenvalue weighted by Gasteiger charge is -2.13. The van der Waals surface area contributed by atoms with E-state index in [-0.39, 0.29) is 19.2 Å². The molecule has 0 radical (unpaired) electrons. The van der Waals surface area contributed by atoms with Gasteiger partial charge in [0.1, 0.15) is 19.5 Å². The van der Waals surface area contributed by atoms with Crippen LogP contribution in [0.4, 0.5) is 0 Å². The second kappa shape index (κ2) is 20.7. The van der Waals surface area contributed by atoms with Crippen LogP contribution in [0.1, 0.15) is 68.5 Å². The molecule has 0 amide bonds. The topological polar surface area (TPSA) is 132 Å². The van der Waals surface area contributed by atoms with Crippen molar-refractivity contribution in [3.8, 4) is 45.5 Å². The predicted molar refractivity (Wildman–Crippen MR) is 266 cm³/mol. The number of aryl methyl sites for hydroxylation is 3. The summed E-state index contributed by atoms with van der Waals surface area (Å²) < 4.78 is 26.2. The Hall–Kier alpha value is -7.56. The first-order valence-corrected chi connectivity index (χ1v) is 25.7. The number of carbonyl (C=O) groups excluding carboxylic acids is 2. The van der Waals surface area contributed by atoms with Gasteiger partial charge < -0.3 is 28.1 Å². The molecule has 0 unspecified atom stereocenters. The summed E-state index contributed by atoms with van der Waals surface area (Å²) in [6, 6.07) is 27.8. The van der Waals surface area contributed by atoms with E-state index in [0.717, 1.165) is 77.7 Å². The van der Waals surface area contributed by atoms with E-state index in [2.05, 4.69) is 69.2 Å². The van der Waals surface area contributed by atoms with Crippen LogP contribution in [0.5, 0.6) is 11.8 Å². The number of methoxy groups -OCH3 is 2. The first-order chi connectivity index (χ1) is 32.2. The standard InChI is InChI=1S/C29H31N3O3Si.C25H25N3O3/c1-7-35-29(33)27-26(23-9-8-14-31-28(23)34-3)24-18-21(13-16-36(4,5)6)10-11-25(24)32(27)19-22-12-15-30-20(2)17-22;1-5-31-25(29)23-22(19-7-6-11-27-24(19)30-4)20-13-16(2)8-9-21(20)28(23)15-18-10-12-26-17(3)14-18/h8-12,14-15,17-18H,7,19H2,1-6H3;6-14H,5,15H2,1-4H3. The Morgan fingerprint density at radius 1 is 0.597 bits per heavy atom. The van der Waals surface area contributed by atoms with Crippen LogP contribution in [-0.2, 0) is 22.6 Å². The highest BCUT2D eigenvalue weighted by molar-refractivity contribution is 6.83. The van der Waals surface area contributed by atoms with E-state index < -0.39 is 14.0 Å². The summed E-state index contributed by atoms with van der Waals surface area (Å²) in [6.07, 6.45) is 6.93. The third-order valence-electron chi connectivity index (χ3n) is 10.9. The van der Waals surface area contributed by atoms with E-state index >= 15 is 0 Å². The van der Waals surface area contributed by atoms with Gasteiger partial charge in [-0.3, -0.25) is 9.97 Å². The van der Waals surface area contributed by atoms with Crippen molar-refractivity contribution in [2.45, 2.75) is 67.3 Å². The van der Waals surface area contributed by atoms with Gasteiger partial charge in [-0.15, -0.1) is 5.54 Å². The molecule has 13 heteroatoms. The van der Waals surface area contributed by atoms with Gasteiger partial charge >= 0.3 is 11.9 Å². The van der Waals surface area contributed by atoms with Crippen molar-refractivity contribution >= 4 is 41.8 Å². The van der Waals surface area contributed by atoms with E-state index in [4.69, 9.17) is 18.9 Å². The molecule has 0 aliphatic heterocycles. The van der Waals surface area contributed by atoms with Gasteiger partial charge in [-0.2, -0.15) is 0 Å². The van der Waals surface area contributed by atoms with Crippen molar-refractivity contribution in [2.75, 3.05) is 27.4 Å². The number of fused-ring (bicyclic) bond motifs is 2. The number of ether oxygens (including phenoxy) is 4. The highest BCUT2D eigenvalue weighted by Gasteiger charge is 2.29. The Balaban J connectivity index is 0.000000201. The largest absolute Gasteiger partial charge is 0.481 e. The number of pyridine rings is 4. The normalized spacial score (nSPS) is 11.1. The minimum atomic E-state index is -1.57. The third-order valence-corrected chi connectivity index (χ3v) is 11.7. The Kier molecular flexibility index (Phi) is 14.7. The summed E-state index contributed by atoms with van der Waals surface area (Å²) in [6.45, 7) is 17.8. The summed E-state index contributed by atoms with van der Waals surface area (Å²) in [4.78, 5) is 44.1. The van der Waals surface area contributed by atoms with E-state index in [0.29, 0.717) is 36.2 Å². The fraction of sp³-hybridized carbons (Fsp3) is 0.259. The number of esters is 2. The second-order valence-electron chi connectivity index (χ2n) is 17.0. The minimum absolute atomic E-state index is 0.269. The molecule has 0 aliphatic carbocycles. The van der Waals surface area contributed by atoms with Gasteiger partial charge in [0.2, 0.25) is 11.8 Å². The fourth-order valence-corrected chi connectivity index (χ4v) is 8.63. The van der Waals surface area contributed by atoms with E-state index in [9.17, 15) is 9.59 Å². The monoisotopic (exact) mass is 912 g/mol. The first kappa shape index (κ1) is 47.4. The fourth-order valence-electron chi connectivity index (χ4n) is 8.12. The Labute approximate surface area is 393 Å². The lowest BCUT2D eigenvalue weighted by molar-refractivity contribution is 0.0506. The second-order valence-corrected chi connectivity index (χ2v) is 21.8. The van der Waals surface area contributed by atoms with Crippen molar-refractivity contribution < 1.29 is 28.5 Å². The zero-order chi connectivity index (χ0) is 47.8. The van der Waals surface area contributed by atoms with Crippen LogP contribution in [-0.4, -0.2) is 76.5 Å². The number of aromatic nitrogens is 6. The van der Waals surface area contributed by atoms with Crippen molar-refractivity contribution in [3.63, 3.8) is 0 Å². The van der Waals surface area contributed by atoms with Gasteiger partial charge in [-0.05, 0) is 125 Å². The molecule has 0 N–H and O–H groups in total. The molecule has 0 aliphatic rings. The van der Waals surface area contributed by atoms with Crippen LogP contribution < -0.4 is 9.47 Å². The molecule has 8 aromatic rings. The van der Waals surface area contributed by atoms with Crippen LogP contribution in [0.3, 0.4) is 0 Å².